The predicted molar refractivity (Wildman–Crippen MR) is 124 cm³/mol. The molecule has 0 aliphatic heterocycles. The van der Waals surface area contributed by atoms with Gasteiger partial charge < -0.3 is 16.2 Å². The van der Waals surface area contributed by atoms with Crippen molar-refractivity contribution in [3.8, 4) is 16.9 Å². The van der Waals surface area contributed by atoms with Gasteiger partial charge in [0, 0.05) is 23.2 Å². The molecule has 0 heterocycles. The van der Waals surface area contributed by atoms with Gasteiger partial charge in [-0.05, 0) is 53.6 Å². The number of benzene rings is 3. The Bertz CT molecular complexity index is 1280. The van der Waals surface area contributed by atoms with Gasteiger partial charge in [-0.2, -0.15) is 0 Å². The standard InChI is InChI=1S/C23H22N4O4S/c24-22(25)19-9-12-21(28)18(14-19)2-1-13-27-23(29)17-5-3-15(4-6-17)16-7-10-20(11-8-16)32(26,30)31/h1-12,14,28H,13H2,(H3,24,25)(H,27,29)(H2,26,30,31)/b2-1+. The number of nitrogens with one attached hydrogen (secondary N) is 2. The summed E-state index contributed by atoms with van der Waals surface area (Å²) in [5.74, 6) is -0.325. The lowest BCUT2D eigenvalue weighted by molar-refractivity contribution is 0.0958. The van der Waals surface area contributed by atoms with Crippen LogP contribution in [0.4, 0.5) is 0 Å². The Balaban J connectivity index is 1.61. The Labute approximate surface area is 185 Å². The van der Waals surface area contributed by atoms with E-state index >= 15 is 0 Å². The first kappa shape index (κ1) is 22.7. The van der Waals surface area contributed by atoms with Gasteiger partial charge in [-0.25, -0.2) is 13.6 Å². The normalized spacial score (nSPS) is 11.4. The number of phenols is 1. The molecule has 0 aromatic heterocycles. The highest BCUT2D eigenvalue weighted by molar-refractivity contribution is 7.89. The highest BCUT2D eigenvalue weighted by atomic mass is 32.2. The first-order valence-electron chi connectivity index (χ1n) is 9.50. The summed E-state index contributed by atoms with van der Waals surface area (Å²) in [6, 6.07) is 17.6. The second-order valence-electron chi connectivity index (χ2n) is 6.95. The lowest BCUT2D eigenvalue weighted by atomic mass is 10.0. The van der Waals surface area contributed by atoms with Gasteiger partial charge in [0.05, 0.1) is 4.90 Å². The van der Waals surface area contributed by atoms with Gasteiger partial charge >= 0.3 is 0 Å². The molecule has 0 saturated carbocycles. The number of hydrogen-bond acceptors (Lipinski definition) is 5. The van der Waals surface area contributed by atoms with Gasteiger partial charge in [-0.1, -0.05) is 36.4 Å². The molecule has 0 radical (unpaired) electrons. The molecule has 0 aliphatic rings. The first-order chi connectivity index (χ1) is 15.1. The van der Waals surface area contributed by atoms with E-state index in [1.165, 1.54) is 18.2 Å². The van der Waals surface area contributed by atoms with Crippen molar-refractivity contribution >= 4 is 27.8 Å². The van der Waals surface area contributed by atoms with Crippen molar-refractivity contribution < 1.29 is 18.3 Å². The van der Waals surface area contributed by atoms with E-state index in [0.29, 0.717) is 16.7 Å². The minimum Gasteiger partial charge on any atom is -0.507 e. The second-order valence-corrected chi connectivity index (χ2v) is 8.51. The minimum atomic E-state index is -3.74. The van der Waals surface area contributed by atoms with Crippen LogP contribution < -0.4 is 16.2 Å². The predicted octanol–water partition coefficient (Wildman–Crippen LogP) is 2.43. The maximum absolute atomic E-state index is 12.3. The molecule has 7 N–H and O–H groups in total. The molecule has 8 nitrogen and oxygen atoms in total. The van der Waals surface area contributed by atoms with Gasteiger partial charge in [-0.3, -0.25) is 10.2 Å². The summed E-state index contributed by atoms with van der Waals surface area (Å²) >= 11 is 0. The van der Waals surface area contributed by atoms with E-state index in [1.54, 1.807) is 60.7 Å². The zero-order valence-corrected chi connectivity index (χ0v) is 17.8. The number of rotatable bonds is 7. The molecular weight excluding hydrogens is 428 g/mol. The van der Waals surface area contributed by atoms with Crippen LogP contribution in [0.15, 0.2) is 77.7 Å². The average molecular weight is 451 g/mol. The van der Waals surface area contributed by atoms with Gasteiger partial charge in [0.2, 0.25) is 10.0 Å². The van der Waals surface area contributed by atoms with Crippen LogP contribution in [0.5, 0.6) is 5.75 Å². The maximum atomic E-state index is 12.3. The summed E-state index contributed by atoms with van der Waals surface area (Å²) in [7, 11) is -3.74. The fraction of sp³-hybridized carbons (Fsp3) is 0.0435. The molecule has 9 heteroatoms. The summed E-state index contributed by atoms with van der Waals surface area (Å²) in [5.41, 5.74) is 8.51. The van der Waals surface area contributed by atoms with E-state index in [4.69, 9.17) is 16.3 Å². The van der Waals surface area contributed by atoms with Crippen molar-refractivity contribution in [2.75, 3.05) is 6.54 Å². The average Bonchev–Trinajstić information content (AvgIpc) is 2.77. The fourth-order valence-electron chi connectivity index (χ4n) is 2.95. The summed E-state index contributed by atoms with van der Waals surface area (Å²) in [6.07, 6.45) is 3.31. The van der Waals surface area contributed by atoms with Crippen molar-refractivity contribution in [2.24, 2.45) is 10.9 Å². The summed E-state index contributed by atoms with van der Waals surface area (Å²) in [4.78, 5) is 12.4. The highest BCUT2D eigenvalue weighted by Gasteiger charge is 2.09. The molecule has 0 unspecified atom stereocenters. The molecule has 164 valence electrons. The quantitative estimate of drug-likeness (QED) is 0.276. The van der Waals surface area contributed by atoms with Crippen LogP contribution in [0.2, 0.25) is 0 Å². The number of aromatic hydroxyl groups is 1. The Kier molecular flexibility index (Phi) is 6.72. The lowest BCUT2D eigenvalue weighted by Gasteiger charge is -2.06. The molecule has 0 fully saturated rings. The van der Waals surface area contributed by atoms with Crippen LogP contribution in [0.25, 0.3) is 17.2 Å². The van der Waals surface area contributed by atoms with Crippen LogP contribution in [0, 0.1) is 5.41 Å². The second kappa shape index (κ2) is 9.46. The van der Waals surface area contributed by atoms with Gasteiger partial charge in [-0.15, -0.1) is 0 Å². The first-order valence-corrected chi connectivity index (χ1v) is 11.1. The molecule has 3 rings (SSSR count). The van der Waals surface area contributed by atoms with Crippen molar-refractivity contribution in [1.29, 1.82) is 5.41 Å². The number of phenolic OH excluding ortho intramolecular Hbond substituents is 1. The largest absolute Gasteiger partial charge is 0.507 e. The molecule has 0 atom stereocenters. The van der Waals surface area contributed by atoms with Gasteiger partial charge in [0.25, 0.3) is 5.91 Å². The topological polar surface area (TPSA) is 159 Å². The van der Waals surface area contributed by atoms with E-state index < -0.39 is 10.0 Å². The van der Waals surface area contributed by atoms with E-state index in [2.05, 4.69) is 5.32 Å². The number of carbonyl (C=O) groups is 1. The van der Waals surface area contributed by atoms with Crippen LogP contribution in [-0.4, -0.2) is 31.8 Å². The van der Waals surface area contributed by atoms with Crippen molar-refractivity contribution in [1.82, 2.24) is 5.32 Å². The summed E-state index contributed by atoms with van der Waals surface area (Å²) < 4.78 is 22.7. The molecule has 1 amide bonds. The third-order valence-electron chi connectivity index (χ3n) is 4.68. The molecule has 0 spiro atoms. The lowest BCUT2D eigenvalue weighted by Crippen LogP contribution is -2.23. The van der Waals surface area contributed by atoms with Gasteiger partial charge in [0.1, 0.15) is 11.6 Å². The molecule has 0 saturated heterocycles. The number of carbonyl (C=O) groups excluding carboxylic acids is 1. The third kappa shape index (κ3) is 5.60. The van der Waals surface area contributed by atoms with Crippen LogP contribution >= 0.6 is 0 Å². The molecule has 3 aromatic carbocycles. The Morgan fingerprint density at radius 3 is 2.09 bits per heavy atom. The number of primary sulfonamides is 1. The summed E-state index contributed by atoms with van der Waals surface area (Å²) in [6.45, 7) is 0.235. The van der Waals surface area contributed by atoms with Crippen LogP contribution in [0.1, 0.15) is 21.5 Å². The van der Waals surface area contributed by atoms with E-state index in [1.807, 2.05) is 0 Å². The Morgan fingerprint density at radius 1 is 0.969 bits per heavy atom. The zero-order valence-electron chi connectivity index (χ0n) is 16.9. The fourth-order valence-corrected chi connectivity index (χ4v) is 3.46. The molecular formula is C23H22N4O4S. The zero-order chi connectivity index (χ0) is 23.3. The highest BCUT2D eigenvalue weighted by Crippen LogP contribution is 2.22. The molecule has 32 heavy (non-hydrogen) atoms. The van der Waals surface area contributed by atoms with Crippen LogP contribution in [-0.2, 0) is 10.0 Å². The third-order valence-corrected chi connectivity index (χ3v) is 5.61. The number of hydrogen-bond donors (Lipinski definition) is 5. The number of sulfonamides is 1. The number of amidine groups is 1. The van der Waals surface area contributed by atoms with Crippen molar-refractivity contribution in [3.63, 3.8) is 0 Å². The van der Waals surface area contributed by atoms with E-state index in [9.17, 15) is 18.3 Å². The monoisotopic (exact) mass is 450 g/mol. The SMILES string of the molecule is N=C(N)c1ccc(O)c(/C=C/CNC(=O)c2ccc(-c3ccc(S(N)(=O)=O)cc3)cc2)c1. The van der Waals surface area contributed by atoms with Crippen molar-refractivity contribution in [3.05, 3.63) is 89.5 Å². The Hall–Kier alpha value is -3.95. The summed E-state index contributed by atoms with van der Waals surface area (Å²) in [5, 5.41) is 25.2. The van der Waals surface area contributed by atoms with Gasteiger partial charge in [0.15, 0.2) is 0 Å². The molecule has 3 aromatic rings. The molecule has 0 aliphatic carbocycles. The van der Waals surface area contributed by atoms with E-state index in [-0.39, 0.29) is 28.9 Å². The number of nitrogens with two attached hydrogens (primary N) is 2. The smallest absolute Gasteiger partial charge is 0.251 e. The maximum Gasteiger partial charge on any atom is 0.251 e. The van der Waals surface area contributed by atoms with Crippen LogP contribution in [0.3, 0.4) is 0 Å². The minimum absolute atomic E-state index is 0.0339. The van der Waals surface area contributed by atoms with Crippen molar-refractivity contribution in [2.45, 2.75) is 4.90 Å². The van der Waals surface area contributed by atoms with E-state index in [0.717, 1.165) is 11.1 Å². The molecule has 0 bridgehead atoms. The number of amides is 1. The number of nitrogen functional groups attached to an aromatic ring is 1. The Morgan fingerprint density at radius 2 is 1.53 bits per heavy atom.